The highest BCUT2D eigenvalue weighted by atomic mass is 32.2. The Morgan fingerprint density at radius 2 is 2.05 bits per heavy atom. The van der Waals surface area contributed by atoms with Gasteiger partial charge >= 0.3 is 0 Å². The van der Waals surface area contributed by atoms with E-state index < -0.39 is 11.7 Å². The summed E-state index contributed by atoms with van der Waals surface area (Å²) in [4.78, 5) is 36.8. The van der Waals surface area contributed by atoms with Crippen molar-refractivity contribution in [1.82, 2.24) is 5.16 Å². The highest BCUT2D eigenvalue weighted by Crippen LogP contribution is 2.31. The third-order valence-corrected chi connectivity index (χ3v) is 4.97. The quantitative estimate of drug-likeness (QED) is 0.592. The van der Waals surface area contributed by atoms with E-state index in [4.69, 9.17) is 4.52 Å². The Hall–Kier alpha value is -1.43. The van der Waals surface area contributed by atoms with Crippen molar-refractivity contribution < 1.29 is 18.9 Å². The van der Waals surface area contributed by atoms with Gasteiger partial charge in [0.05, 0.1) is 5.69 Å². The lowest BCUT2D eigenvalue weighted by Gasteiger charge is -2.26. The highest BCUT2D eigenvalue weighted by Gasteiger charge is 2.41. The van der Waals surface area contributed by atoms with Crippen LogP contribution in [0.3, 0.4) is 0 Å². The number of hydrogen-bond donors (Lipinski definition) is 0. The molecule has 22 heavy (non-hydrogen) atoms. The maximum absolute atomic E-state index is 12.3. The van der Waals surface area contributed by atoms with Crippen molar-refractivity contribution >= 4 is 29.1 Å². The minimum atomic E-state index is -1.20. The van der Waals surface area contributed by atoms with E-state index in [1.54, 1.807) is 6.92 Å². The molecule has 1 heterocycles. The fraction of sp³-hybridized carbons (Fsp3) is 0.625. The van der Waals surface area contributed by atoms with Crippen LogP contribution in [0.15, 0.2) is 10.6 Å². The number of Topliss-reactive ketones (excluding diaryl/α,β-unsaturated/α-hetero) is 3. The van der Waals surface area contributed by atoms with Gasteiger partial charge in [0.25, 0.3) is 0 Å². The zero-order valence-corrected chi connectivity index (χ0v) is 13.9. The molecule has 0 spiro atoms. The molecular formula is C16H21NO4S. The molecule has 6 heteroatoms. The van der Waals surface area contributed by atoms with Crippen LogP contribution in [0.2, 0.25) is 0 Å². The summed E-state index contributed by atoms with van der Waals surface area (Å²) in [6, 6.07) is 1.47. The van der Waals surface area contributed by atoms with Crippen LogP contribution in [0.1, 0.15) is 49.4 Å². The molecule has 120 valence electrons. The molecule has 0 N–H and O–H groups in total. The largest absolute Gasteiger partial charge is 0.353 e. The number of aryl methyl sites for hydroxylation is 1. The second-order valence-corrected chi connectivity index (χ2v) is 7.55. The van der Waals surface area contributed by atoms with Gasteiger partial charge in [0.15, 0.2) is 11.6 Å². The first-order valence-electron chi connectivity index (χ1n) is 7.56. The molecule has 1 unspecified atom stereocenters. The van der Waals surface area contributed by atoms with Gasteiger partial charge in [-0.05, 0) is 25.0 Å². The summed E-state index contributed by atoms with van der Waals surface area (Å²) in [6.07, 6.45) is 1.42. The van der Waals surface area contributed by atoms with Crippen LogP contribution in [0.4, 0.5) is 0 Å². The summed E-state index contributed by atoms with van der Waals surface area (Å²) in [5.41, 5.74) is 0.558. The lowest BCUT2D eigenvalue weighted by atomic mass is 9.76. The van der Waals surface area contributed by atoms with Crippen LogP contribution in [-0.4, -0.2) is 33.5 Å². The fourth-order valence-electron chi connectivity index (χ4n) is 2.96. The third kappa shape index (κ3) is 3.85. The molecule has 1 atom stereocenters. The van der Waals surface area contributed by atoms with E-state index in [0.717, 1.165) is 12.2 Å². The number of ketones is 3. The molecule has 1 aliphatic rings. The molecule has 0 aromatic carbocycles. The summed E-state index contributed by atoms with van der Waals surface area (Å²) in [5, 5.41) is 4.05. The zero-order chi connectivity index (χ0) is 16.3. The van der Waals surface area contributed by atoms with Crippen LogP contribution < -0.4 is 0 Å². The van der Waals surface area contributed by atoms with Gasteiger partial charge in [-0.15, -0.1) is 0 Å². The maximum atomic E-state index is 12.3. The Labute approximate surface area is 134 Å². The Morgan fingerprint density at radius 3 is 2.55 bits per heavy atom. The SMILES string of the molecule is CCSC(C)CC1CC(=O)C(C(=O)c2cc(C)no2)C(=O)C1. The van der Waals surface area contributed by atoms with Crippen molar-refractivity contribution in [1.29, 1.82) is 0 Å². The van der Waals surface area contributed by atoms with Crippen LogP contribution in [0, 0.1) is 18.8 Å². The van der Waals surface area contributed by atoms with Gasteiger partial charge in [0.1, 0.15) is 5.92 Å². The average molecular weight is 323 g/mol. The number of carbonyl (C=O) groups excluding carboxylic acids is 3. The third-order valence-electron chi connectivity index (χ3n) is 3.87. The first-order valence-corrected chi connectivity index (χ1v) is 8.61. The van der Waals surface area contributed by atoms with Gasteiger partial charge in [-0.2, -0.15) is 11.8 Å². The van der Waals surface area contributed by atoms with Gasteiger partial charge in [-0.1, -0.05) is 19.0 Å². The second-order valence-electron chi connectivity index (χ2n) is 5.84. The van der Waals surface area contributed by atoms with Crippen molar-refractivity contribution in [3.8, 4) is 0 Å². The van der Waals surface area contributed by atoms with Crippen molar-refractivity contribution in [2.75, 3.05) is 5.75 Å². The number of nitrogens with zero attached hydrogens (tertiary/aromatic N) is 1. The van der Waals surface area contributed by atoms with Crippen LogP contribution >= 0.6 is 11.8 Å². The van der Waals surface area contributed by atoms with E-state index in [9.17, 15) is 14.4 Å². The summed E-state index contributed by atoms with van der Waals surface area (Å²) in [7, 11) is 0. The zero-order valence-electron chi connectivity index (χ0n) is 13.1. The summed E-state index contributed by atoms with van der Waals surface area (Å²) in [5.74, 6) is -1.25. The smallest absolute Gasteiger partial charge is 0.218 e. The summed E-state index contributed by atoms with van der Waals surface area (Å²) in [6.45, 7) is 5.89. The van der Waals surface area contributed by atoms with E-state index >= 15 is 0 Å². The first kappa shape index (κ1) is 16.9. The van der Waals surface area contributed by atoms with Gasteiger partial charge in [0, 0.05) is 24.2 Å². The molecule has 0 bridgehead atoms. The Kier molecular flexibility index (Phi) is 5.56. The lowest BCUT2D eigenvalue weighted by molar-refractivity contribution is -0.135. The van der Waals surface area contributed by atoms with E-state index in [0.29, 0.717) is 23.8 Å². The standard InChI is InChI=1S/C16H21NO4S/c1-4-22-10(3)6-11-7-12(18)15(13(19)8-11)16(20)14-5-9(2)17-21-14/h5,10-11,15H,4,6-8H2,1-3H3. The lowest BCUT2D eigenvalue weighted by Crippen LogP contribution is -2.39. The average Bonchev–Trinajstić information content (AvgIpc) is 2.84. The van der Waals surface area contributed by atoms with Crippen molar-refractivity contribution in [2.24, 2.45) is 11.8 Å². The minimum Gasteiger partial charge on any atom is -0.353 e. The molecule has 1 saturated carbocycles. The van der Waals surface area contributed by atoms with Gasteiger partial charge in [0.2, 0.25) is 11.5 Å². The molecule has 0 saturated heterocycles. The van der Waals surface area contributed by atoms with Crippen molar-refractivity contribution in [2.45, 2.75) is 45.3 Å². The second kappa shape index (κ2) is 7.22. The molecule has 2 rings (SSSR count). The van der Waals surface area contributed by atoms with E-state index in [1.165, 1.54) is 6.07 Å². The van der Waals surface area contributed by atoms with Crippen molar-refractivity contribution in [3.63, 3.8) is 0 Å². The van der Waals surface area contributed by atoms with E-state index in [-0.39, 0.29) is 23.2 Å². The molecule has 0 radical (unpaired) electrons. The fourth-order valence-corrected chi connectivity index (χ4v) is 3.94. The molecule has 0 aliphatic heterocycles. The monoisotopic (exact) mass is 323 g/mol. The highest BCUT2D eigenvalue weighted by molar-refractivity contribution is 7.99. The van der Waals surface area contributed by atoms with Crippen LogP contribution in [0.5, 0.6) is 0 Å². The molecule has 1 aromatic rings. The predicted molar refractivity (Wildman–Crippen MR) is 84.0 cm³/mol. The molecular weight excluding hydrogens is 302 g/mol. The van der Waals surface area contributed by atoms with Gasteiger partial charge in [-0.3, -0.25) is 14.4 Å². The van der Waals surface area contributed by atoms with E-state index in [2.05, 4.69) is 19.0 Å². The van der Waals surface area contributed by atoms with Crippen LogP contribution in [-0.2, 0) is 9.59 Å². The molecule has 1 aliphatic carbocycles. The first-order chi connectivity index (χ1) is 10.4. The number of rotatable bonds is 6. The Bertz CT molecular complexity index is 562. The molecule has 1 fully saturated rings. The Morgan fingerprint density at radius 1 is 1.41 bits per heavy atom. The number of hydrogen-bond acceptors (Lipinski definition) is 6. The molecule has 5 nitrogen and oxygen atoms in total. The van der Waals surface area contributed by atoms with Crippen molar-refractivity contribution in [3.05, 3.63) is 17.5 Å². The van der Waals surface area contributed by atoms with Gasteiger partial charge in [-0.25, -0.2) is 0 Å². The molecule has 0 amide bonds. The topological polar surface area (TPSA) is 77.2 Å². The predicted octanol–water partition coefficient (Wildman–Crippen LogP) is 2.86. The summed E-state index contributed by atoms with van der Waals surface area (Å²) < 4.78 is 4.89. The number of carbonyl (C=O) groups is 3. The van der Waals surface area contributed by atoms with E-state index in [1.807, 2.05) is 11.8 Å². The number of thioether (sulfide) groups is 1. The van der Waals surface area contributed by atoms with Crippen LogP contribution in [0.25, 0.3) is 0 Å². The maximum Gasteiger partial charge on any atom is 0.218 e. The minimum absolute atomic E-state index is 0.00226. The normalized spacial score (nSPS) is 23.6. The summed E-state index contributed by atoms with van der Waals surface area (Å²) >= 11 is 1.82. The number of aromatic nitrogens is 1. The molecule has 1 aromatic heterocycles. The van der Waals surface area contributed by atoms with Gasteiger partial charge < -0.3 is 4.52 Å². The Balaban J connectivity index is 2.03.